The average Bonchev–Trinajstić information content (AvgIpc) is 2.83. The Balaban J connectivity index is 1.86. The number of likely N-dealkylation sites (tertiary alicyclic amines) is 1. The van der Waals surface area contributed by atoms with Gasteiger partial charge in [0.1, 0.15) is 0 Å². The first-order valence-electron chi connectivity index (χ1n) is 8.26. The lowest BCUT2D eigenvalue weighted by molar-refractivity contribution is 0.0915. The fourth-order valence-corrected chi connectivity index (χ4v) is 4.00. The number of aryl methyl sites for hydroxylation is 2. The molecule has 1 aliphatic heterocycles. The van der Waals surface area contributed by atoms with Gasteiger partial charge in [-0.25, -0.2) is 0 Å². The van der Waals surface area contributed by atoms with Gasteiger partial charge in [0, 0.05) is 24.0 Å². The predicted molar refractivity (Wildman–Crippen MR) is 90.3 cm³/mol. The van der Waals surface area contributed by atoms with Gasteiger partial charge in [-0.1, -0.05) is 20.3 Å². The number of rotatable bonds is 6. The van der Waals surface area contributed by atoms with Gasteiger partial charge in [0.05, 0.1) is 4.88 Å². The maximum absolute atomic E-state index is 12.4. The summed E-state index contributed by atoms with van der Waals surface area (Å²) in [5.74, 6) is 0.124. The summed E-state index contributed by atoms with van der Waals surface area (Å²) in [5.41, 5.74) is 1.34. The molecule has 1 N–H and O–H groups in total. The lowest BCUT2D eigenvalue weighted by Gasteiger charge is -2.31. The molecule has 0 bridgehead atoms. The van der Waals surface area contributed by atoms with Crippen molar-refractivity contribution in [2.75, 3.05) is 19.6 Å². The van der Waals surface area contributed by atoms with E-state index in [1.165, 1.54) is 23.4 Å². The van der Waals surface area contributed by atoms with Crippen LogP contribution >= 0.6 is 11.3 Å². The van der Waals surface area contributed by atoms with E-state index >= 15 is 0 Å². The van der Waals surface area contributed by atoms with Gasteiger partial charge in [0.2, 0.25) is 0 Å². The molecular formula is C17H28N2OS. The van der Waals surface area contributed by atoms with Crippen molar-refractivity contribution in [1.82, 2.24) is 10.2 Å². The zero-order valence-corrected chi connectivity index (χ0v) is 14.4. The van der Waals surface area contributed by atoms with Gasteiger partial charge < -0.3 is 10.2 Å². The molecule has 0 saturated carbocycles. The maximum Gasteiger partial charge on any atom is 0.261 e. The maximum atomic E-state index is 12.4. The molecule has 0 radical (unpaired) electrons. The van der Waals surface area contributed by atoms with Crippen molar-refractivity contribution in [3.05, 3.63) is 21.4 Å². The van der Waals surface area contributed by atoms with E-state index in [1.807, 2.05) is 0 Å². The van der Waals surface area contributed by atoms with E-state index in [9.17, 15) is 4.79 Å². The molecule has 0 aromatic carbocycles. The summed E-state index contributed by atoms with van der Waals surface area (Å²) in [6.45, 7) is 9.94. The van der Waals surface area contributed by atoms with Gasteiger partial charge >= 0.3 is 0 Å². The smallest absolute Gasteiger partial charge is 0.261 e. The molecule has 0 aliphatic carbocycles. The molecule has 1 saturated heterocycles. The number of carbonyl (C=O) groups is 1. The van der Waals surface area contributed by atoms with Crippen LogP contribution in [0.3, 0.4) is 0 Å². The summed E-state index contributed by atoms with van der Waals surface area (Å²) in [4.78, 5) is 17.0. The molecule has 1 aliphatic rings. The highest BCUT2D eigenvalue weighted by molar-refractivity contribution is 7.14. The van der Waals surface area contributed by atoms with Crippen LogP contribution in [0.15, 0.2) is 6.07 Å². The molecule has 4 heteroatoms. The number of carbonyl (C=O) groups excluding carboxylic acids is 1. The topological polar surface area (TPSA) is 32.3 Å². The van der Waals surface area contributed by atoms with Crippen LogP contribution in [0.4, 0.5) is 0 Å². The van der Waals surface area contributed by atoms with Gasteiger partial charge in [-0.15, -0.1) is 11.3 Å². The minimum absolute atomic E-state index is 0.124. The summed E-state index contributed by atoms with van der Waals surface area (Å²) in [5, 5.41) is 3.23. The van der Waals surface area contributed by atoms with Crippen molar-refractivity contribution in [3.8, 4) is 0 Å². The number of nitrogens with zero attached hydrogens (tertiary/aromatic N) is 1. The zero-order chi connectivity index (χ0) is 15.2. The average molecular weight is 308 g/mol. The Morgan fingerprint density at radius 3 is 2.67 bits per heavy atom. The largest absolute Gasteiger partial charge is 0.349 e. The highest BCUT2D eigenvalue weighted by atomic mass is 32.1. The van der Waals surface area contributed by atoms with Crippen LogP contribution in [0.1, 0.15) is 59.6 Å². The quantitative estimate of drug-likeness (QED) is 0.870. The van der Waals surface area contributed by atoms with Crippen LogP contribution in [0, 0.1) is 6.92 Å². The first kappa shape index (κ1) is 16.5. The Kier molecular flexibility index (Phi) is 6.24. The number of hydrogen-bond acceptors (Lipinski definition) is 3. The third-order valence-corrected chi connectivity index (χ3v) is 5.32. The summed E-state index contributed by atoms with van der Waals surface area (Å²) in [6.07, 6.45) is 5.58. The molecule has 1 amide bonds. The van der Waals surface area contributed by atoms with Crippen molar-refractivity contribution in [2.45, 2.75) is 58.9 Å². The fraction of sp³-hybridized carbons (Fsp3) is 0.706. The molecule has 1 aromatic rings. The Hall–Kier alpha value is -0.870. The fourth-order valence-electron chi connectivity index (χ4n) is 3.02. The van der Waals surface area contributed by atoms with Crippen molar-refractivity contribution < 1.29 is 4.79 Å². The van der Waals surface area contributed by atoms with Crippen LogP contribution < -0.4 is 5.32 Å². The van der Waals surface area contributed by atoms with Crippen molar-refractivity contribution in [1.29, 1.82) is 0 Å². The summed E-state index contributed by atoms with van der Waals surface area (Å²) in [6, 6.07) is 2.44. The number of hydrogen-bond donors (Lipinski definition) is 1. The van der Waals surface area contributed by atoms with Gasteiger partial charge in [-0.3, -0.25) is 4.79 Å². The molecule has 3 nitrogen and oxygen atoms in total. The van der Waals surface area contributed by atoms with Crippen molar-refractivity contribution in [2.24, 2.45) is 0 Å². The SMILES string of the molecule is CCCc1cc(C(=O)NC2CCN(CCC)CC2)sc1C. The normalized spacial score (nSPS) is 17.1. The minimum atomic E-state index is 0.124. The van der Waals surface area contributed by atoms with E-state index in [0.717, 1.165) is 43.6 Å². The number of nitrogens with one attached hydrogen (secondary N) is 1. The highest BCUT2D eigenvalue weighted by Gasteiger charge is 2.21. The summed E-state index contributed by atoms with van der Waals surface area (Å²) in [7, 11) is 0. The molecule has 1 aromatic heterocycles. The third-order valence-electron chi connectivity index (χ3n) is 4.23. The Morgan fingerprint density at radius 1 is 1.33 bits per heavy atom. The second-order valence-electron chi connectivity index (χ2n) is 6.03. The summed E-state index contributed by atoms with van der Waals surface area (Å²) >= 11 is 1.64. The Morgan fingerprint density at radius 2 is 2.05 bits per heavy atom. The number of amides is 1. The predicted octanol–water partition coefficient (Wildman–Crippen LogP) is 3.61. The first-order valence-corrected chi connectivity index (χ1v) is 9.08. The minimum Gasteiger partial charge on any atom is -0.349 e. The van der Waals surface area contributed by atoms with Gasteiger partial charge in [0.25, 0.3) is 5.91 Å². The van der Waals surface area contributed by atoms with Crippen LogP contribution in [0.2, 0.25) is 0 Å². The molecule has 2 rings (SSSR count). The van der Waals surface area contributed by atoms with E-state index in [0.29, 0.717) is 6.04 Å². The highest BCUT2D eigenvalue weighted by Crippen LogP contribution is 2.23. The monoisotopic (exact) mass is 308 g/mol. The van der Waals surface area contributed by atoms with E-state index < -0.39 is 0 Å². The summed E-state index contributed by atoms with van der Waals surface area (Å²) < 4.78 is 0. The number of piperidine rings is 1. The van der Waals surface area contributed by atoms with Crippen LogP contribution in [-0.2, 0) is 6.42 Å². The van der Waals surface area contributed by atoms with Gasteiger partial charge in [-0.2, -0.15) is 0 Å². The molecule has 1 fully saturated rings. The van der Waals surface area contributed by atoms with E-state index in [4.69, 9.17) is 0 Å². The first-order chi connectivity index (χ1) is 10.1. The standard InChI is InChI=1S/C17H28N2OS/c1-4-6-14-12-16(21-13(14)3)17(20)18-15-7-10-19(9-5-2)11-8-15/h12,15H,4-11H2,1-3H3,(H,18,20). The molecule has 21 heavy (non-hydrogen) atoms. The zero-order valence-electron chi connectivity index (χ0n) is 13.6. The van der Waals surface area contributed by atoms with E-state index in [-0.39, 0.29) is 5.91 Å². The van der Waals surface area contributed by atoms with Crippen molar-refractivity contribution in [3.63, 3.8) is 0 Å². The van der Waals surface area contributed by atoms with Crippen LogP contribution in [-0.4, -0.2) is 36.5 Å². The molecule has 0 unspecified atom stereocenters. The van der Waals surface area contributed by atoms with Gasteiger partial charge in [0.15, 0.2) is 0 Å². The third kappa shape index (κ3) is 4.55. The molecule has 0 spiro atoms. The molecule has 118 valence electrons. The van der Waals surface area contributed by atoms with E-state index in [2.05, 4.69) is 37.1 Å². The lowest BCUT2D eigenvalue weighted by atomic mass is 10.0. The van der Waals surface area contributed by atoms with Gasteiger partial charge in [-0.05, 0) is 50.8 Å². The lowest BCUT2D eigenvalue weighted by Crippen LogP contribution is -2.44. The van der Waals surface area contributed by atoms with Crippen molar-refractivity contribution >= 4 is 17.2 Å². The van der Waals surface area contributed by atoms with Crippen LogP contribution in [0.25, 0.3) is 0 Å². The second-order valence-corrected chi connectivity index (χ2v) is 7.29. The van der Waals surface area contributed by atoms with Crippen LogP contribution in [0.5, 0.6) is 0 Å². The number of thiophene rings is 1. The second kappa shape index (κ2) is 7.95. The molecule has 2 heterocycles. The molecule has 0 atom stereocenters. The van der Waals surface area contributed by atoms with E-state index in [1.54, 1.807) is 11.3 Å². The Bertz CT molecular complexity index is 461. The Labute approximate surface area is 132 Å². The molecular weight excluding hydrogens is 280 g/mol.